The predicted octanol–water partition coefficient (Wildman–Crippen LogP) is 3.48. The summed E-state index contributed by atoms with van der Waals surface area (Å²) in [5, 5.41) is 0. The van der Waals surface area contributed by atoms with Crippen molar-refractivity contribution in [1.82, 2.24) is 4.90 Å². The minimum Gasteiger partial charge on any atom is -0.340 e. The predicted molar refractivity (Wildman–Crippen MR) is 103 cm³/mol. The summed E-state index contributed by atoms with van der Waals surface area (Å²) in [6, 6.07) is 20.6. The fraction of sp³-hybridized carbons (Fsp3) is 0.381. The standard InChI is InChI=1S/C21H24N2O.ClH/c22-19-15-23(14-18(19)16-8-3-1-4-9-16)20(24)21(12-7-13-21)17-10-5-2-6-11-17;/h1-6,8-11,18-19H,7,12-15,22H2;1H/t18-,19+;/m0./s1. The lowest BCUT2D eigenvalue weighted by Crippen LogP contribution is -2.50. The molecule has 2 atom stereocenters. The van der Waals surface area contributed by atoms with Crippen LogP contribution in [0.5, 0.6) is 0 Å². The number of nitrogens with zero attached hydrogens (tertiary/aromatic N) is 1. The van der Waals surface area contributed by atoms with Crippen LogP contribution in [-0.4, -0.2) is 29.9 Å². The van der Waals surface area contributed by atoms with Gasteiger partial charge in [0.1, 0.15) is 0 Å². The zero-order chi connectivity index (χ0) is 16.6. The molecule has 0 bridgehead atoms. The molecule has 1 aliphatic heterocycles. The minimum absolute atomic E-state index is 0. The Morgan fingerprint density at radius 2 is 1.56 bits per heavy atom. The summed E-state index contributed by atoms with van der Waals surface area (Å²) in [6.45, 7) is 1.39. The van der Waals surface area contributed by atoms with E-state index < -0.39 is 0 Å². The van der Waals surface area contributed by atoms with Crippen molar-refractivity contribution in [2.45, 2.75) is 36.6 Å². The lowest BCUT2D eigenvalue weighted by Gasteiger charge is -2.43. The number of likely N-dealkylation sites (tertiary alicyclic amines) is 1. The molecule has 2 aromatic rings. The van der Waals surface area contributed by atoms with Crippen LogP contribution in [-0.2, 0) is 10.2 Å². The molecule has 0 unspecified atom stereocenters. The highest BCUT2D eigenvalue weighted by atomic mass is 35.5. The molecule has 0 aromatic heterocycles. The van der Waals surface area contributed by atoms with Gasteiger partial charge in [-0.05, 0) is 24.0 Å². The summed E-state index contributed by atoms with van der Waals surface area (Å²) in [6.07, 6.45) is 3.04. The molecule has 3 nitrogen and oxygen atoms in total. The molecule has 1 amide bonds. The number of hydrogen-bond acceptors (Lipinski definition) is 2. The van der Waals surface area contributed by atoms with Crippen molar-refractivity contribution < 1.29 is 4.79 Å². The van der Waals surface area contributed by atoms with E-state index >= 15 is 0 Å². The van der Waals surface area contributed by atoms with Crippen molar-refractivity contribution in [3.8, 4) is 0 Å². The van der Waals surface area contributed by atoms with Crippen LogP contribution in [0.15, 0.2) is 60.7 Å². The molecule has 1 aliphatic carbocycles. The van der Waals surface area contributed by atoms with E-state index in [1.807, 2.05) is 41.3 Å². The Morgan fingerprint density at radius 1 is 0.960 bits per heavy atom. The molecule has 132 valence electrons. The Morgan fingerprint density at radius 3 is 2.12 bits per heavy atom. The number of nitrogens with two attached hydrogens (primary N) is 1. The van der Waals surface area contributed by atoms with Crippen molar-refractivity contribution in [3.63, 3.8) is 0 Å². The zero-order valence-corrected chi connectivity index (χ0v) is 15.1. The van der Waals surface area contributed by atoms with Crippen LogP contribution in [0.4, 0.5) is 0 Å². The van der Waals surface area contributed by atoms with Crippen molar-refractivity contribution in [1.29, 1.82) is 0 Å². The van der Waals surface area contributed by atoms with Gasteiger partial charge in [-0.3, -0.25) is 4.79 Å². The Balaban J connectivity index is 0.00000182. The monoisotopic (exact) mass is 356 g/mol. The number of hydrogen-bond donors (Lipinski definition) is 1. The molecule has 4 rings (SSSR count). The first-order chi connectivity index (χ1) is 11.7. The second-order valence-electron chi connectivity index (χ2n) is 7.19. The highest BCUT2D eigenvalue weighted by Crippen LogP contribution is 2.46. The molecule has 1 saturated carbocycles. The summed E-state index contributed by atoms with van der Waals surface area (Å²) in [5.41, 5.74) is 8.48. The highest BCUT2D eigenvalue weighted by Gasteiger charge is 2.49. The number of rotatable bonds is 3. The van der Waals surface area contributed by atoms with Gasteiger partial charge >= 0.3 is 0 Å². The maximum absolute atomic E-state index is 13.3. The fourth-order valence-electron chi connectivity index (χ4n) is 4.26. The van der Waals surface area contributed by atoms with E-state index in [0.717, 1.165) is 31.4 Å². The first kappa shape index (κ1) is 18.0. The molecule has 2 aromatic carbocycles. The first-order valence-electron chi connectivity index (χ1n) is 8.86. The van der Waals surface area contributed by atoms with E-state index in [-0.39, 0.29) is 35.7 Å². The van der Waals surface area contributed by atoms with Crippen LogP contribution in [0.25, 0.3) is 0 Å². The Bertz CT molecular complexity index is 715. The lowest BCUT2D eigenvalue weighted by atomic mass is 9.63. The van der Waals surface area contributed by atoms with E-state index in [1.54, 1.807) is 0 Å². The number of amides is 1. The summed E-state index contributed by atoms with van der Waals surface area (Å²) in [7, 11) is 0. The van der Waals surface area contributed by atoms with Gasteiger partial charge in [0.25, 0.3) is 0 Å². The van der Waals surface area contributed by atoms with Gasteiger partial charge in [-0.25, -0.2) is 0 Å². The van der Waals surface area contributed by atoms with Crippen molar-refractivity contribution in [3.05, 3.63) is 71.8 Å². The molecule has 4 heteroatoms. The summed E-state index contributed by atoms with van der Waals surface area (Å²) < 4.78 is 0. The highest BCUT2D eigenvalue weighted by molar-refractivity contribution is 5.89. The van der Waals surface area contributed by atoms with E-state index in [1.165, 1.54) is 5.56 Å². The molecular weight excluding hydrogens is 332 g/mol. The molecule has 1 heterocycles. The molecular formula is C21H25ClN2O. The van der Waals surface area contributed by atoms with E-state index in [4.69, 9.17) is 5.73 Å². The number of carbonyl (C=O) groups is 1. The topological polar surface area (TPSA) is 46.3 Å². The maximum atomic E-state index is 13.3. The van der Waals surface area contributed by atoms with Crippen LogP contribution in [0, 0.1) is 0 Å². The third-order valence-electron chi connectivity index (χ3n) is 5.82. The smallest absolute Gasteiger partial charge is 0.233 e. The maximum Gasteiger partial charge on any atom is 0.233 e. The van der Waals surface area contributed by atoms with Gasteiger partial charge < -0.3 is 10.6 Å². The van der Waals surface area contributed by atoms with Crippen molar-refractivity contribution in [2.24, 2.45) is 5.73 Å². The lowest BCUT2D eigenvalue weighted by molar-refractivity contribution is -0.139. The zero-order valence-electron chi connectivity index (χ0n) is 14.3. The van der Waals surface area contributed by atoms with Gasteiger partial charge in [0, 0.05) is 25.0 Å². The molecule has 2 fully saturated rings. The third kappa shape index (κ3) is 3.07. The van der Waals surface area contributed by atoms with Crippen LogP contribution in [0.3, 0.4) is 0 Å². The normalized spacial score (nSPS) is 24.3. The Labute approximate surface area is 155 Å². The largest absolute Gasteiger partial charge is 0.340 e. The van der Waals surface area contributed by atoms with Crippen LogP contribution in [0.1, 0.15) is 36.3 Å². The second kappa shape index (κ2) is 7.19. The number of carbonyl (C=O) groups excluding carboxylic acids is 1. The average Bonchev–Trinajstić information content (AvgIpc) is 2.97. The van der Waals surface area contributed by atoms with Crippen LogP contribution < -0.4 is 5.73 Å². The quantitative estimate of drug-likeness (QED) is 0.915. The summed E-state index contributed by atoms with van der Waals surface area (Å²) in [4.78, 5) is 15.4. The third-order valence-corrected chi connectivity index (χ3v) is 5.82. The summed E-state index contributed by atoms with van der Waals surface area (Å²) >= 11 is 0. The van der Waals surface area contributed by atoms with E-state index in [9.17, 15) is 4.79 Å². The molecule has 1 saturated heterocycles. The number of benzene rings is 2. The van der Waals surface area contributed by atoms with Gasteiger partial charge in [0.2, 0.25) is 5.91 Å². The second-order valence-corrected chi connectivity index (χ2v) is 7.19. The van der Waals surface area contributed by atoms with Crippen LogP contribution in [0.2, 0.25) is 0 Å². The van der Waals surface area contributed by atoms with Crippen molar-refractivity contribution >= 4 is 18.3 Å². The van der Waals surface area contributed by atoms with Crippen molar-refractivity contribution in [2.75, 3.05) is 13.1 Å². The molecule has 0 spiro atoms. The first-order valence-corrected chi connectivity index (χ1v) is 8.86. The average molecular weight is 357 g/mol. The number of halogens is 1. The summed E-state index contributed by atoms with van der Waals surface area (Å²) in [5.74, 6) is 0.511. The van der Waals surface area contributed by atoms with Gasteiger partial charge in [-0.1, -0.05) is 67.1 Å². The van der Waals surface area contributed by atoms with E-state index in [2.05, 4.69) is 24.3 Å². The van der Waals surface area contributed by atoms with Gasteiger partial charge in [-0.2, -0.15) is 0 Å². The molecule has 25 heavy (non-hydrogen) atoms. The Hall–Kier alpha value is -1.84. The molecule has 0 radical (unpaired) electrons. The SMILES string of the molecule is Cl.N[C@@H]1CN(C(=O)C2(c3ccccc3)CCC2)C[C@H]1c1ccccc1. The minimum atomic E-state index is -0.313. The fourth-order valence-corrected chi connectivity index (χ4v) is 4.26. The van der Waals surface area contributed by atoms with Crippen LogP contribution >= 0.6 is 12.4 Å². The molecule has 2 aliphatic rings. The van der Waals surface area contributed by atoms with E-state index in [0.29, 0.717) is 6.54 Å². The van der Waals surface area contributed by atoms with Gasteiger partial charge in [-0.15, -0.1) is 12.4 Å². The molecule has 2 N–H and O–H groups in total. The van der Waals surface area contributed by atoms with Gasteiger partial charge in [0.15, 0.2) is 0 Å². The Kier molecular flexibility index (Phi) is 5.16. The van der Waals surface area contributed by atoms with Gasteiger partial charge in [0.05, 0.1) is 5.41 Å².